The molecule has 0 fully saturated rings. The minimum Gasteiger partial charge on any atom is -0.264 e. The van der Waals surface area contributed by atoms with Gasteiger partial charge < -0.3 is 0 Å². The molecule has 7 heteroatoms. The fourth-order valence-corrected chi connectivity index (χ4v) is 2.73. The maximum atomic E-state index is 4.53. The highest BCUT2D eigenvalue weighted by Gasteiger charge is 2.03. The largest absolute Gasteiger partial charge is 0.264 e. The first-order valence-corrected chi connectivity index (χ1v) is 7.12. The molecule has 0 unspecified atom stereocenters. The molecule has 0 saturated heterocycles. The van der Waals surface area contributed by atoms with Crippen molar-refractivity contribution in [1.29, 1.82) is 0 Å². The van der Waals surface area contributed by atoms with Crippen molar-refractivity contribution in [1.82, 2.24) is 13.9 Å². The Labute approximate surface area is 154 Å². The number of rotatable bonds is 3. The Hall–Kier alpha value is -1.31. The summed E-state index contributed by atoms with van der Waals surface area (Å²) in [5.74, 6) is 0.950. The lowest BCUT2D eigenvalue weighted by atomic mass is 10.3. The van der Waals surface area contributed by atoms with Crippen LogP contribution in [0.1, 0.15) is 11.4 Å². The molecule has 3 aromatic rings. The fourth-order valence-electron chi connectivity index (χ4n) is 1.87. The predicted octanol–water partition coefficient (Wildman–Crippen LogP) is 3.89. The third-order valence-electron chi connectivity index (χ3n) is 2.83. The Morgan fingerprint density at radius 1 is 1.09 bits per heavy atom. The van der Waals surface area contributed by atoms with Gasteiger partial charge in [0.1, 0.15) is 5.82 Å². The molecule has 0 spiro atoms. The Bertz CT molecular complexity index is 754. The molecule has 0 aliphatic rings. The number of para-hydroxylation sites is 1. The van der Waals surface area contributed by atoms with Crippen molar-refractivity contribution in [2.24, 2.45) is 4.99 Å². The van der Waals surface area contributed by atoms with Gasteiger partial charge in [-0.05, 0) is 42.2 Å². The third-order valence-corrected chi connectivity index (χ3v) is 3.88. The number of hydrogen-bond donors (Lipinski definition) is 0. The average Bonchev–Trinajstić information content (AvgIpc) is 2.88. The number of hydrogen-bond acceptors (Lipinski definition) is 4. The topological polar surface area (TPSA) is 43.1 Å². The van der Waals surface area contributed by atoms with Crippen molar-refractivity contribution in [3.05, 3.63) is 71.0 Å². The van der Waals surface area contributed by atoms with E-state index >= 15 is 0 Å². The van der Waals surface area contributed by atoms with Gasteiger partial charge in [-0.25, -0.2) is 4.98 Å². The van der Waals surface area contributed by atoms with Crippen LogP contribution in [0.15, 0.2) is 59.9 Å². The van der Waals surface area contributed by atoms with E-state index in [0.29, 0.717) is 6.54 Å². The molecule has 4 nitrogen and oxygen atoms in total. The molecule has 0 aliphatic heterocycles. The molecular weight excluding hydrogens is 428 g/mol. The second kappa shape index (κ2) is 8.97. The molecule has 3 rings (SSSR count). The van der Waals surface area contributed by atoms with Gasteiger partial charge in [0.05, 0.1) is 12.2 Å². The molecule has 1 aromatic carbocycles. The summed E-state index contributed by atoms with van der Waals surface area (Å²) in [6, 6.07) is 14.1. The molecule has 0 atom stereocenters. The number of pyridine rings is 1. The fraction of sp³-hybridized carbons (Fsp3) is 0.133. The van der Waals surface area contributed by atoms with Crippen LogP contribution >= 0.6 is 45.5 Å². The van der Waals surface area contributed by atoms with E-state index in [4.69, 9.17) is 0 Å². The zero-order chi connectivity index (χ0) is 13.8. The van der Waals surface area contributed by atoms with Gasteiger partial charge in [-0.1, -0.05) is 24.3 Å². The van der Waals surface area contributed by atoms with E-state index in [1.165, 1.54) is 0 Å². The molecule has 116 valence electrons. The first-order chi connectivity index (χ1) is 9.83. The normalized spacial score (nSPS) is 10.7. The highest BCUT2D eigenvalue weighted by atomic mass is 79.9. The Morgan fingerprint density at radius 3 is 2.55 bits per heavy atom. The van der Waals surface area contributed by atoms with E-state index in [-0.39, 0.29) is 34.0 Å². The van der Waals surface area contributed by atoms with Gasteiger partial charge in [-0.3, -0.25) is 13.9 Å². The number of halogens is 2. The second-order valence-electron chi connectivity index (χ2n) is 4.34. The smallest absolute Gasteiger partial charge is 0.223 e. The molecule has 22 heavy (non-hydrogen) atoms. The summed E-state index contributed by atoms with van der Waals surface area (Å²) in [5, 5.41) is 0. The van der Waals surface area contributed by atoms with E-state index in [0.717, 1.165) is 21.9 Å². The van der Waals surface area contributed by atoms with Gasteiger partial charge in [-0.2, -0.15) is 0 Å². The van der Waals surface area contributed by atoms with Crippen molar-refractivity contribution in [3.63, 3.8) is 0 Å². The van der Waals surface area contributed by atoms with E-state index in [1.54, 1.807) is 17.7 Å². The molecule has 0 aliphatic carbocycles. The summed E-state index contributed by atoms with van der Waals surface area (Å²) in [4.78, 5) is 13.9. The first-order valence-electron chi connectivity index (χ1n) is 6.35. The van der Waals surface area contributed by atoms with E-state index in [9.17, 15) is 0 Å². The van der Waals surface area contributed by atoms with Crippen LogP contribution in [0.4, 0.5) is 0 Å². The Kier molecular flexibility index (Phi) is 7.64. The van der Waals surface area contributed by atoms with Crippen LogP contribution in [0, 0.1) is 6.92 Å². The molecule has 0 N–H and O–H groups in total. The zero-order valence-corrected chi connectivity index (χ0v) is 16.2. The van der Waals surface area contributed by atoms with Gasteiger partial charge in [-0.15, -0.1) is 34.0 Å². The highest BCUT2D eigenvalue weighted by molar-refractivity contribution is 8.93. The van der Waals surface area contributed by atoms with Crippen LogP contribution in [0.3, 0.4) is 0 Å². The van der Waals surface area contributed by atoms with Crippen molar-refractivity contribution in [2.45, 2.75) is 13.5 Å². The van der Waals surface area contributed by atoms with Crippen molar-refractivity contribution in [3.8, 4) is 5.69 Å². The average molecular weight is 444 g/mol. The van der Waals surface area contributed by atoms with Crippen LogP contribution in [0.25, 0.3) is 5.69 Å². The van der Waals surface area contributed by atoms with Crippen LogP contribution in [0.2, 0.25) is 0 Å². The summed E-state index contributed by atoms with van der Waals surface area (Å²) in [6.07, 6.45) is 3.59. The quantitative estimate of drug-likeness (QED) is 0.616. The molecule has 2 aromatic heterocycles. The molecule has 0 amide bonds. The summed E-state index contributed by atoms with van der Waals surface area (Å²) in [7, 11) is 0. The van der Waals surface area contributed by atoms with Gasteiger partial charge in [0.25, 0.3) is 0 Å². The monoisotopic (exact) mass is 442 g/mol. The third kappa shape index (κ3) is 4.59. The van der Waals surface area contributed by atoms with Crippen molar-refractivity contribution >= 4 is 45.5 Å². The van der Waals surface area contributed by atoms with Crippen LogP contribution in [-0.2, 0) is 6.54 Å². The summed E-state index contributed by atoms with van der Waals surface area (Å²) in [6.45, 7) is 2.60. The standard InChI is InChI=1S/C15H14N4S.2BrH/c1-12-18-15(17-11-13-6-5-9-16-10-13)20-19(12)14-7-3-2-4-8-14;;/h2-10H,11H2,1H3;2*1H/b17-15-;;. The summed E-state index contributed by atoms with van der Waals surface area (Å²) < 4.78 is 2.09. The maximum absolute atomic E-state index is 4.53. The van der Waals surface area contributed by atoms with Gasteiger partial charge in [0.15, 0.2) is 0 Å². The Balaban J connectivity index is 0.00000121. The highest BCUT2D eigenvalue weighted by Crippen LogP contribution is 2.10. The SMILES string of the molecule is Br.Br.Cc1n/c(=N/Cc2cccnc2)sn1-c1ccccc1. The van der Waals surface area contributed by atoms with Crippen LogP contribution in [-0.4, -0.2) is 13.9 Å². The molecular formula is C15H16Br2N4S. The molecule has 0 bridgehead atoms. The lowest BCUT2D eigenvalue weighted by Crippen LogP contribution is -1.99. The van der Waals surface area contributed by atoms with E-state index in [1.807, 2.05) is 43.5 Å². The lowest BCUT2D eigenvalue weighted by Gasteiger charge is -2.00. The number of aryl methyl sites for hydroxylation is 1. The number of benzene rings is 1. The van der Waals surface area contributed by atoms with Crippen LogP contribution < -0.4 is 4.80 Å². The van der Waals surface area contributed by atoms with Crippen molar-refractivity contribution < 1.29 is 0 Å². The lowest BCUT2D eigenvalue weighted by molar-refractivity contribution is 0.956. The summed E-state index contributed by atoms with van der Waals surface area (Å²) >= 11 is 1.55. The molecule has 0 radical (unpaired) electrons. The van der Waals surface area contributed by atoms with Crippen LogP contribution in [0.5, 0.6) is 0 Å². The first kappa shape index (κ1) is 18.7. The predicted molar refractivity (Wildman–Crippen MR) is 100 cm³/mol. The maximum Gasteiger partial charge on any atom is 0.223 e. The van der Waals surface area contributed by atoms with Gasteiger partial charge in [0, 0.05) is 12.4 Å². The van der Waals surface area contributed by atoms with Gasteiger partial charge in [0.2, 0.25) is 4.80 Å². The Morgan fingerprint density at radius 2 is 1.86 bits per heavy atom. The summed E-state index contributed by atoms with van der Waals surface area (Å²) in [5.41, 5.74) is 2.21. The molecule has 0 saturated carbocycles. The second-order valence-corrected chi connectivity index (χ2v) is 5.25. The van der Waals surface area contributed by atoms with E-state index in [2.05, 4.69) is 31.0 Å². The van der Waals surface area contributed by atoms with E-state index < -0.39 is 0 Å². The number of aromatic nitrogens is 3. The zero-order valence-electron chi connectivity index (χ0n) is 11.9. The molecule has 2 heterocycles. The minimum absolute atomic E-state index is 0. The number of nitrogens with zero attached hydrogens (tertiary/aromatic N) is 4. The minimum atomic E-state index is 0. The van der Waals surface area contributed by atoms with Crippen molar-refractivity contribution in [2.75, 3.05) is 0 Å². The van der Waals surface area contributed by atoms with Gasteiger partial charge >= 0.3 is 0 Å².